The van der Waals surface area contributed by atoms with Crippen LogP contribution in [-0.2, 0) is 18.1 Å². The Morgan fingerprint density at radius 3 is 2.39 bits per heavy atom. The summed E-state index contributed by atoms with van der Waals surface area (Å²) in [5.41, 5.74) is 2.87. The molecule has 0 saturated heterocycles. The number of rotatable bonds is 5. The molecule has 1 aromatic heterocycles. The predicted octanol–water partition coefficient (Wildman–Crippen LogP) is 6.43. The number of ether oxygens (including phenoxy) is 1. The second-order valence-corrected chi connectivity index (χ2v) is 7.45. The van der Waals surface area contributed by atoms with Crippen LogP contribution in [0.1, 0.15) is 37.8 Å². The molecule has 1 fully saturated rings. The molecular weight excluding hydrogens is 365 g/mol. The molecule has 1 saturated carbocycles. The number of benzene rings is 2. The molecule has 0 amide bonds. The Kier molecular flexibility index (Phi) is 4.44. The molecule has 6 heteroatoms. The van der Waals surface area contributed by atoms with Crippen LogP contribution >= 0.6 is 0 Å². The van der Waals surface area contributed by atoms with Crippen LogP contribution in [0.4, 0.5) is 13.2 Å². The third-order valence-corrected chi connectivity index (χ3v) is 5.32. The zero-order chi connectivity index (χ0) is 19.9. The van der Waals surface area contributed by atoms with E-state index in [0.29, 0.717) is 18.2 Å². The standard InChI is InChI=1S/C22H21F3N2O/c1-3-27-19(15-5-4-6-17(13-15)21(2)11-12-21)14-20(26-27)28-18-9-7-16(8-10-18)22(23,24)25/h4-10,13-14H,3,11-12H2,1-2H3. The van der Waals surface area contributed by atoms with E-state index in [-0.39, 0.29) is 5.41 Å². The predicted molar refractivity (Wildman–Crippen MR) is 101 cm³/mol. The normalized spacial score (nSPS) is 15.5. The van der Waals surface area contributed by atoms with E-state index in [2.05, 4.69) is 30.2 Å². The van der Waals surface area contributed by atoms with Gasteiger partial charge >= 0.3 is 6.18 Å². The topological polar surface area (TPSA) is 27.1 Å². The summed E-state index contributed by atoms with van der Waals surface area (Å²) in [6.45, 7) is 4.92. The fourth-order valence-electron chi connectivity index (χ4n) is 3.28. The van der Waals surface area contributed by atoms with Crippen molar-refractivity contribution in [1.82, 2.24) is 9.78 Å². The number of aryl methyl sites for hydroxylation is 1. The van der Waals surface area contributed by atoms with Gasteiger partial charge in [-0.25, -0.2) is 0 Å². The Morgan fingerprint density at radius 1 is 1.07 bits per heavy atom. The van der Waals surface area contributed by atoms with Crippen molar-refractivity contribution in [3.05, 3.63) is 65.7 Å². The second kappa shape index (κ2) is 6.69. The summed E-state index contributed by atoms with van der Waals surface area (Å²) in [7, 11) is 0. The summed E-state index contributed by atoms with van der Waals surface area (Å²) in [5, 5.41) is 4.45. The van der Waals surface area contributed by atoms with E-state index in [0.717, 1.165) is 23.4 Å². The van der Waals surface area contributed by atoms with E-state index in [1.54, 1.807) is 0 Å². The minimum absolute atomic E-state index is 0.270. The number of halogens is 3. The van der Waals surface area contributed by atoms with Crippen LogP contribution < -0.4 is 4.74 Å². The third kappa shape index (κ3) is 3.63. The van der Waals surface area contributed by atoms with Crippen LogP contribution in [0.5, 0.6) is 11.6 Å². The van der Waals surface area contributed by atoms with Gasteiger partial charge in [-0.05, 0) is 61.1 Å². The second-order valence-electron chi connectivity index (χ2n) is 7.45. The van der Waals surface area contributed by atoms with Gasteiger partial charge in [0.2, 0.25) is 5.88 Å². The lowest BCUT2D eigenvalue weighted by molar-refractivity contribution is -0.137. The minimum Gasteiger partial charge on any atom is -0.438 e. The molecule has 0 radical (unpaired) electrons. The number of alkyl halides is 3. The largest absolute Gasteiger partial charge is 0.438 e. The molecule has 0 atom stereocenters. The van der Waals surface area contributed by atoms with Crippen molar-refractivity contribution in [3.63, 3.8) is 0 Å². The van der Waals surface area contributed by atoms with Gasteiger partial charge in [0.05, 0.1) is 11.3 Å². The van der Waals surface area contributed by atoms with Crippen LogP contribution in [0.2, 0.25) is 0 Å². The average Bonchev–Trinajstić information content (AvgIpc) is 3.29. The lowest BCUT2D eigenvalue weighted by Crippen LogP contribution is -2.04. The maximum atomic E-state index is 12.7. The van der Waals surface area contributed by atoms with Crippen LogP contribution in [0.15, 0.2) is 54.6 Å². The van der Waals surface area contributed by atoms with Crippen LogP contribution in [0.3, 0.4) is 0 Å². The summed E-state index contributed by atoms with van der Waals surface area (Å²) in [5.74, 6) is 0.680. The van der Waals surface area contributed by atoms with Crippen molar-refractivity contribution in [2.75, 3.05) is 0 Å². The maximum absolute atomic E-state index is 12.7. The summed E-state index contributed by atoms with van der Waals surface area (Å²) in [6, 6.07) is 14.9. The lowest BCUT2D eigenvalue weighted by Gasteiger charge is -2.11. The van der Waals surface area contributed by atoms with E-state index in [4.69, 9.17) is 4.74 Å². The Balaban J connectivity index is 1.60. The molecule has 28 heavy (non-hydrogen) atoms. The first kappa shape index (κ1) is 18.6. The average molecular weight is 386 g/mol. The highest BCUT2D eigenvalue weighted by atomic mass is 19.4. The van der Waals surface area contributed by atoms with Crippen molar-refractivity contribution in [2.24, 2.45) is 0 Å². The monoisotopic (exact) mass is 386 g/mol. The van der Waals surface area contributed by atoms with Gasteiger partial charge in [0.25, 0.3) is 0 Å². The van der Waals surface area contributed by atoms with Gasteiger partial charge in [-0.15, -0.1) is 5.10 Å². The fraction of sp³-hybridized carbons (Fsp3) is 0.318. The molecule has 0 N–H and O–H groups in total. The smallest absolute Gasteiger partial charge is 0.416 e. The van der Waals surface area contributed by atoms with Gasteiger partial charge in [0.15, 0.2) is 0 Å². The molecule has 4 rings (SSSR count). The Labute approximate surface area is 161 Å². The van der Waals surface area contributed by atoms with Crippen molar-refractivity contribution >= 4 is 0 Å². The molecular formula is C22H21F3N2O. The minimum atomic E-state index is -4.36. The zero-order valence-electron chi connectivity index (χ0n) is 15.8. The van der Waals surface area contributed by atoms with Gasteiger partial charge < -0.3 is 4.74 Å². The molecule has 1 heterocycles. The van der Waals surface area contributed by atoms with Crippen LogP contribution in [-0.4, -0.2) is 9.78 Å². The zero-order valence-corrected chi connectivity index (χ0v) is 15.8. The van der Waals surface area contributed by atoms with E-state index in [9.17, 15) is 13.2 Å². The van der Waals surface area contributed by atoms with Crippen LogP contribution in [0.25, 0.3) is 11.3 Å². The SMILES string of the molecule is CCn1nc(Oc2ccc(C(F)(F)F)cc2)cc1-c1cccc(C2(C)CC2)c1. The summed E-state index contributed by atoms with van der Waals surface area (Å²) >= 11 is 0. The first-order chi connectivity index (χ1) is 13.3. The number of hydrogen-bond acceptors (Lipinski definition) is 2. The molecule has 3 nitrogen and oxygen atoms in total. The van der Waals surface area contributed by atoms with Gasteiger partial charge in [-0.3, -0.25) is 4.68 Å². The summed E-state index contributed by atoms with van der Waals surface area (Å²) < 4.78 is 45.6. The van der Waals surface area contributed by atoms with E-state index >= 15 is 0 Å². The Morgan fingerprint density at radius 2 is 1.79 bits per heavy atom. The molecule has 0 unspecified atom stereocenters. The number of nitrogens with zero attached hydrogens (tertiary/aromatic N) is 2. The molecule has 146 valence electrons. The molecule has 3 aromatic rings. The van der Waals surface area contributed by atoms with Gasteiger partial charge in [-0.2, -0.15) is 13.2 Å². The summed E-state index contributed by atoms with van der Waals surface area (Å²) in [4.78, 5) is 0. The quantitative estimate of drug-likeness (QED) is 0.505. The van der Waals surface area contributed by atoms with E-state index in [1.165, 1.54) is 30.5 Å². The third-order valence-electron chi connectivity index (χ3n) is 5.32. The molecule has 0 aliphatic heterocycles. The molecule has 0 spiro atoms. The highest BCUT2D eigenvalue weighted by Gasteiger charge is 2.39. The van der Waals surface area contributed by atoms with Crippen molar-refractivity contribution in [2.45, 2.75) is 44.8 Å². The number of aromatic nitrogens is 2. The van der Waals surface area contributed by atoms with E-state index < -0.39 is 11.7 Å². The molecule has 0 bridgehead atoms. The first-order valence-electron chi connectivity index (χ1n) is 9.32. The molecule has 1 aliphatic rings. The Bertz CT molecular complexity index is 986. The van der Waals surface area contributed by atoms with Gasteiger partial charge in [-0.1, -0.05) is 25.1 Å². The number of hydrogen-bond donors (Lipinski definition) is 0. The summed E-state index contributed by atoms with van der Waals surface area (Å²) in [6.07, 6.45) is -1.96. The maximum Gasteiger partial charge on any atom is 0.416 e. The highest BCUT2D eigenvalue weighted by molar-refractivity contribution is 5.63. The van der Waals surface area contributed by atoms with E-state index in [1.807, 2.05) is 23.7 Å². The van der Waals surface area contributed by atoms with Gasteiger partial charge in [0.1, 0.15) is 5.75 Å². The van der Waals surface area contributed by atoms with Crippen LogP contribution in [0, 0.1) is 0 Å². The van der Waals surface area contributed by atoms with Crippen molar-refractivity contribution in [1.29, 1.82) is 0 Å². The molecule has 2 aromatic carbocycles. The molecule has 1 aliphatic carbocycles. The van der Waals surface area contributed by atoms with Crippen molar-refractivity contribution in [3.8, 4) is 22.9 Å². The fourth-order valence-corrected chi connectivity index (χ4v) is 3.28. The Hall–Kier alpha value is -2.76. The van der Waals surface area contributed by atoms with Crippen molar-refractivity contribution < 1.29 is 17.9 Å². The first-order valence-corrected chi connectivity index (χ1v) is 9.32. The highest BCUT2D eigenvalue weighted by Crippen LogP contribution is 2.48. The lowest BCUT2D eigenvalue weighted by atomic mass is 9.96. The van der Waals surface area contributed by atoms with Gasteiger partial charge in [0, 0.05) is 18.2 Å².